The van der Waals surface area contributed by atoms with Gasteiger partial charge in [-0.05, 0) is 55.1 Å². The highest BCUT2D eigenvalue weighted by atomic mass is 32.1. The van der Waals surface area contributed by atoms with Crippen molar-refractivity contribution in [3.8, 4) is 0 Å². The van der Waals surface area contributed by atoms with Gasteiger partial charge in [0.25, 0.3) is 11.8 Å². The molecule has 0 N–H and O–H groups in total. The monoisotopic (exact) mass is 390 g/mol. The van der Waals surface area contributed by atoms with Gasteiger partial charge in [-0.2, -0.15) is 0 Å². The van der Waals surface area contributed by atoms with Gasteiger partial charge in [0.05, 0.1) is 12.1 Å². The molecule has 2 amide bonds. The number of rotatable bonds is 2. The summed E-state index contributed by atoms with van der Waals surface area (Å²) in [5.41, 5.74) is 0.524. The third kappa shape index (κ3) is 3.70. The van der Waals surface area contributed by atoms with Gasteiger partial charge in [0.1, 0.15) is 12.4 Å². The van der Waals surface area contributed by atoms with Crippen LogP contribution in [0.15, 0.2) is 29.6 Å². The molecule has 2 aromatic rings. The number of amides is 2. The van der Waals surface area contributed by atoms with E-state index in [1.807, 2.05) is 0 Å². The Morgan fingerprint density at radius 1 is 1.22 bits per heavy atom. The largest absolute Gasteiger partial charge is 0.363 e. The average molecular weight is 390 g/mol. The van der Waals surface area contributed by atoms with Crippen LogP contribution in [0.5, 0.6) is 0 Å². The van der Waals surface area contributed by atoms with Crippen LogP contribution in [0, 0.1) is 5.82 Å². The lowest BCUT2D eigenvalue weighted by molar-refractivity contribution is -0.140. The lowest BCUT2D eigenvalue weighted by Crippen LogP contribution is -2.55. The first kappa shape index (κ1) is 18.0. The van der Waals surface area contributed by atoms with Crippen molar-refractivity contribution in [1.82, 2.24) is 14.5 Å². The maximum atomic E-state index is 13.2. The van der Waals surface area contributed by atoms with Gasteiger partial charge in [-0.15, -0.1) is 5.10 Å². The number of ether oxygens (including phenoxy) is 1. The van der Waals surface area contributed by atoms with E-state index in [1.165, 1.54) is 12.1 Å². The number of carbonyl (C=O) groups is 2. The van der Waals surface area contributed by atoms with E-state index in [4.69, 9.17) is 4.74 Å². The van der Waals surface area contributed by atoms with Gasteiger partial charge >= 0.3 is 0 Å². The molecular weight excluding hydrogens is 371 g/mol. The minimum absolute atomic E-state index is 0.0126. The molecule has 9 heteroatoms. The van der Waals surface area contributed by atoms with Crippen molar-refractivity contribution >= 4 is 29.0 Å². The van der Waals surface area contributed by atoms with E-state index >= 15 is 0 Å². The van der Waals surface area contributed by atoms with Crippen LogP contribution in [0.4, 0.5) is 10.1 Å². The second-order valence-electron chi connectivity index (χ2n) is 6.86. The number of anilines is 1. The minimum atomic E-state index is -0.502. The number of hydrogen-bond donors (Lipinski definition) is 0. The van der Waals surface area contributed by atoms with Gasteiger partial charge in [0.15, 0.2) is 5.69 Å². The summed E-state index contributed by atoms with van der Waals surface area (Å²) in [4.78, 5) is 28.3. The number of hydrogen-bond acceptors (Lipinski definition) is 6. The first-order valence-corrected chi connectivity index (χ1v) is 9.66. The number of morpholine rings is 1. The number of carbonyl (C=O) groups excluding carboxylic acids is 2. The SMILES string of the molecule is O=C(c1csnn1)N1CCCC2(CC1)CN(c1ccc(F)cc1)C(=O)CO2. The van der Waals surface area contributed by atoms with E-state index < -0.39 is 5.60 Å². The van der Waals surface area contributed by atoms with Gasteiger partial charge in [-0.3, -0.25) is 9.59 Å². The van der Waals surface area contributed by atoms with E-state index in [1.54, 1.807) is 27.3 Å². The second kappa shape index (κ2) is 7.32. The van der Waals surface area contributed by atoms with Crippen molar-refractivity contribution in [3.63, 3.8) is 0 Å². The van der Waals surface area contributed by atoms with Crippen molar-refractivity contribution in [2.45, 2.75) is 24.9 Å². The summed E-state index contributed by atoms with van der Waals surface area (Å²) in [5, 5.41) is 5.51. The molecule has 27 heavy (non-hydrogen) atoms. The van der Waals surface area contributed by atoms with Crippen molar-refractivity contribution in [2.24, 2.45) is 0 Å². The van der Waals surface area contributed by atoms with Crippen LogP contribution >= 0.6 is 11.5 Å². The third-order valence-electron chi connectivity index (χ3n) is 5.15. The standard InChI is InChI=1S/C18H19FN4O3S/c19-13-2-4-14(5-3-13)23-12-18(26-10-16(23)24)6-1-8-22(9-7-18)17(25)15-11-27-21-20-15/h2-5,11H,1,6-10,12H2. The Labute approximate surface area is 159 Å². The summed E-state index contributed by atoms with van der Waals surface area (Å²) in [6, 6.07) is 5.91. The molecule has 1 atom stereocenters. The van der Waals surface area contributed by atoms with E-state index in [0.29, 0.717) is 37.4 Å². The minimum Gasteiger partial charge on any atom is -0.363 e. The Morgan fingerprint density at radius 2 is 2.04 bits per heavy atom. The molecule has 3 heterocycles. The summed E-state index contributed by atoms with van der Waals surface area (Å²) in [6.07, 6.45) is 2.15. The molecule has 2 aliphatic heterocycles. The lowest BCUT2D eigenvalue weighted by Gasteiger charge is -2.42. The highest BCUT2D eigenvalue weighted by Crippen LogP contribution is 2.33. The first-order chi connectivity index (χ1) is 13.1. The fourth-order valence-corrected chi connectivity index (χ4v) is 4.09. The Hall–Kier alpha value is -2.39. The number of aromatic nitrogens is 2. The molecule has 142 valence electrons. The zero-order chi connectivity index (χ0) is 18.9. The highest BCUT2D eigenvalue weighted by Gasteiger charge is 2.42. The summed E-state index contributed by atoms with van der Waals surface area (Å²) >= 11 is 1.15. The Morgan fingerprint density at radius 3 is 2.78 bits per heavy atom. The van der Waals surface area contributed by atoms with Gasteiger partial charge in [0.2, 0.25) is 0 Å². The van der Waals surface area contributed by atoms with Crippen molar-refractivity contribution < 1.29 is 18.7 Å². The summed E-state index contributed by atoms with van der Waals surface area (Å²) in [7, 11) is 0. The zero-order valence-corrected chi connectivity index (χ0v) is 15.5. The molecule has 0 radical (unpaired) electrons. The quantitative estimate of drug-likeness (QED) is 0.785. The maximum absolute atomic E-state index is 13.2. The Bertz CT molecular complexity index is 830. The molecule has 1 aromatic carbocycles. The van der Waals surface area contributed by atoms with Crippen molar-refractivity contribution in [1.29, 1.82) is 0 Å². The molecule has 1 aromatic heterocycles. The van der Waals surface area contributed by atoms with E-state index in [9.17, 15) is 14.0 Å². The molecule has 7 nitrogen and oxygen atoms in total. The van der Waals surface area contributed by atoms with Crippen LogP contribution in [0.2, 0.25) is 0 Å². The van der Waals surface area contributed by atoms with E-state index in [2.05, 4.69) is 9.59 Å². The maximum Gasteiger partial charge on any atom is 0.275 e. The Kier molecular flexibility index (Phi) is 4.88. The normalized spacial score (nSPS) is 23.5. The topological polar surface area (TPSA) is 75.6 Å². The lowest BCUT2D eigenvalue weighted by atomic mass is 9.92. The molecule has 2 fully saturated rings. The van der Waals surface area contributed by atoms with Gasteiger partial charge < -0.3 is 14.5 Å². The molecule has 0 aliphatic carbocycles. The number of nitrogens with zero attached hydrogens (tertiary/aromatic N) is 4. The molecular formula is C18H19FN4O3S. The fraction of sp³-hybridized carbons (Fsp3) is 0.444. The van der Waals surface area contributed by atoms with E-state index in [-0.39, 0.29) is 24.2 Å². The summed E-state index contributed by atoms with van der Waals surface area (Å²) in [5.74, 6) is -0.602. The van der Waals surface area contributed by atoms with E-state index in [0.717, 1.165) is 24.4 Å². The van der Waals surface area contributed by atoms with Crippen molar-refractivity contribution in [2.75, 3.05) is 31.1 Å². The highest BCUT2D eigenvalue weighted by molar-refractivity contribution is 7.03. The van der Waals surface area contributed by atoms with Crippen LogP contribution in [-0.4, -0.2) is 58.1 Å². The van der Waals surface area contributed by atoms with Crippen LogP contribution in [0.25, 0.3) is 0 Å². The average Bonchev–Trinajstić information content (AvgIpc) is 3.14. The van der Waals surface area contributed by atoms with Crippen molar-refractivity contribution in [3.05, 3.63) is 41.2 Å². The molecule has 4 rings (SSSR count). The summed E-state index contributed by atoms with van der Waals surface area (Å²) < 4.78 is 22.9. The van der Waals surface area contributed by atoms with Crippen LogP contribution in [0.1, 0.15) is 29.8 Å². The van der Waals surface area contributed by atoms with Gasteiger partial charge in [-0.25, -0.2) is 4.39 Å². The molecule has 0 saturated carbocycles. The molecule has 2 aliphatic rings. The molecule has 1 spiro atoms. The molecule has 1 unspecified atom stereocenters. The smallest absolute Gasteiger partial charge is 0.275 e. The first-order valence-electron chi connectivity index (χ1n) is 8.83. The Balaban J connectivity index is 1.49. The number of halogens is 1. The van der Waals surface area contributed by atoms with Crippen LogP contribution in [0.3, 0.4) is 0 Å². The van der Waals surface area contributed by atoms with Gasteiger partial charge in [0, 0.05) is 24.2 Å². The summed E-state index contributed by atoms with van der Waals surface area (Å²) in [6.45, 7) is 1.53. The van der Waals surface area contributed by atoms with Gasteiger partial charge in [-0.1, -0.05) is 4.49 Å². The molecule has 0 bridgehead atoms. The number of likely N-dealkylation sites (tertiary alicyclic amines) is 1. The second-order valence-corrected chi connectivity index (χ2v) is 7.47. The third-order valence-corrected chi connectivity index (χ3v) is 5.66. The molecule has 2 saturated heterocycles. The number of benzene rings is 1. The van der Waals surface area contributed by atoms with Crippen LogP contribution < -0.4 is 4.90 Å². The fourth-order valence-electron chi connectivity index (χ4n) is 3.66. The predicted octanol–water partition coefficient (Wildman–Crippen LogP) is 2.11. The predicted molar refractivity (Wildman–Crippen MR) is 97.1 cm³/mol. The zero-order valence-electron chi connectivity index (χ0n) is 14.6. The van der Waals surface area contributed by atoms with Crippen LogP contribution in [-0.2, 0) is 9.53 Å².